The molecule has 5 N–H and O–H groups in total. The number of rotatable bonds is 8. The summed E-state index contributed by atoms with van der Waals surface area (Å²) in [5.41, 5.74) is 6.28. The summed E-state index contributed by atoms with van der Waals surface area (Å²) in [5, 5.41) is 13.0. The Hall–Kier alpha value is -2.81. The fourth-order valence-corrected chi connectivity index (χ4v) is 3.76. The van der Waals surface area contributed by atoms with Crippen LogP contribution in [-0.4, -0.2) is 52.9 Å². The molecule has 0 spiro atoms. The van der Waals surface area contributed by atoms with Gasteiger partial charge in [0.2, 0.25) is 11.8 Å². The quantitative estimate of drug-likeness (QED) is 0.324. The predicted molar refractivity (Wildman–Crippen MR) is 134 cm³/mol. The number of amidine groups is 1. The molecule has 9 nitrogen and oxygen atoms in total. The smallest absolute Gasteiger partial charge is 0.408 e. The summed E-state index contributed by atoms with van der Waals surface area (Å²) in [6.07, 6.45) is 1.10. The molecular formula is C24H38ClN5O4. The molecule has 3 amide bonds. The third kappa shape index (κ3) is 8.85. The van der Waals surface area contributed by atoms with Gasteiger partial charge in [-0.15, -0.1) is 12.4 Å². The molecule has 1 aromatic carbocycles. The summed E-state index contributed by atoms with van der Waals surface area (Å²) in [6.45, 7) is 10.0. The van der Waals surface area contributed by atoms with Crippen molar-refractivity contribution in [3.05, 3.63) is 35.4 Å². The van der Waals surface area contributed by atoms with Crippen molar-refractivity contribution in [3.8, 4) is 0 Å². The van der Waals surface area contributed by atoms with Gasteiger partial charge in [-0.2, -0.15) is 0 Å². The minimum atomic E-state index is -0.757. The molecular weight excluding hydrogens is 458 g/mol. The molecule has 1 aliphatic heterocycles. The average Bonchev–Trinajstić information content (AvgIpc) is 3.19. The molecule has 190 valence electrons. The molecule has 0 bridgehead atoms. The van der Waals surface area contributed by atoms with Crippen LogP contribution in [0.2, 0.25) is 0 Å². The zero-order valence-corrected chi connectivity index (χ0v) is 21.5. The summed E-state index contributed by atoms with van der Waals surface area (Å²) < 4.78 is 5.33. The van der Waals surface area contributed by atoms with E-state index in [1.807, 2.05) is 13.8 Å². The number of carbonyl (C=O) groups is 3. The van der Waals surface area contributed by atoms with Gasteiger partial charge in [-0.25, -0.2) is 4.79 Å². The fourth-order valence-electron chi connectivity index (χ4n) is 3.76. The number of likely N-dealkylation sites (tertiary alicyclic amines) is 1. The second-order valence-corrected chi connectivity index (χ2v) is 9.85. The van der Waals surface area contributed by atoms with E-state index in [1.165, 1.54) is 0 Å². The van der Waals surface area contributed by atoms with Crippen LogP contribution in [0, 0.1) is 11.3 Å². The van der Waals surface area contributed by atoms with Crippen molar-refractivity contribution in [2.75, 3.05) is 6.54 Å². The molecule has 10 heteroatoms. The van der Waals surface area contributed by atoms with Gasteiger partial charge in [0.1, 0.15) is 23.5 Å². The number of alkyl carbamates (subject to hydrolysis) is 1. The van der Waals surface area contributed by atoms with E-state index < -0.39 is 23.8 Å². The van der Waals surface area contributed by atoms with E-state index in [4.69, 9.17) is 15.9 Å². The first-order valence-corrected chi connectivity index (χ1v) is 11.4. The molecule has 1 saturated heterocycles. The second kappa shape index (κ2) is 12.6. The zero-order chi connectivity index (χ0) is 24.8. The van der Waals surface area contributed by atoms with Crippen molar-refractivity contribution in [3.63, 3.8) is 0 Å². The first-order valence-electron chi connectivity index (χ1n) is 11.4. The molecule has 1 heterocycles. The van der Waals surface area contributed by atoms with E-state index in [1.54, 1.807) is 49.9 Å². The van der Waals surface area contributed by atoms with Gasteiger partial charge < -0.3 is 26.0 Å². The Labute approximate surface area is 208 Å². The number of amides is 3. The van der Waals surface area contributed by atoms with E-state index in [-0.39, 0.29) is 36.0 Å². The van der Waals surface area contributed by atoms with Crippen LogP contribution in [-0.2, 0) is 20.9 Å². The summed E-state index contributed by atoms with van der Waals surface area (Å²) in [7, 11) is 0. The maximum atomic E-state index is 13.3. The topological polar surface area (TPSA) is 138 Å². The number of nitrogens with zero attached hydrogens (tertiary/aromatic N) is 1. The molecule has 0 radical (unpaired) electrons. The van der Waals surface area contributed by atoms with Crippen LogP contribution in [0.25, 0.3) is 0 Å². The van der Waals surface area contributed by atoms with Gasteiger partial charge in [-0.05, 0) is 51.5 Å². The first kappa shape index (κ1) is 29.2. The highest BCUT2D eigenvalue weighted by molar-refractivity contribution is 5.95. The van der Waals surface area contributed by atoms with E-state index in [0.29, 0.717) is 31.5 Å². The van der Waals surface area contributed by atoms with Crippen LogP contribution in [0.15, 0.2) is 24.3 Å². The molecule has 34 heavy (non-hydrogen) atoms. The molecule has 2 atom stereocenters. The highest BCUT2D eigenvalue weighted by atomic mass is 35.5. The lowest BCUT2D eigenvalue weighted by molar-refractivity contribution is -0.140. The number of nitrogens with two attached hydrogens (primary N) is 1. The largest absolute Gasteiger partial charge is 0.444 e. The number of ether oxygens (including phenoxy) is 1. The monoisotopic (exact) mass is 495 g/mol. The lowest BCUT2D eigenvalue weighted by Crippen LogP contribution is -2.54. The van der Waals surface area contributed by atoms with Gasteiger partial charge in [0.05, 0.1) is 0 Å². The molecule has 2 rings (SSSR count). The van der Waals surface area contributed by atoms with E-state index in [0.717, 1.165) is 12.0 Å². The van der Waals surface area contributed by atoms with Crippen molar-refractivity contribution < 1.29 is 19.1 Å². The number of halogens is 1. The number of hydrogen-bond acceptors (Lipinski definition) is 5. The van der Waals surface area contributed by atoms with Gasteiger partial charge in [-0.3, -0.25) is 15.0 Å². The molecule has 0 aromatic heterocycles. The number of carbonyl (C=O) groups excluding carboxylic acids is 3. The predicted octanol–water partition coefficient (Wildman–Crippen LogP) is 2.94. The fraction of sp³-hybridized carbons (Fsp3) is 0.583. The van der Waals surface area contributed by atoms with Crippen LogP contribution in [0.5, 0.6) is 0 Å². The highest BCUT2D eigenvalue weighted by Crippen LogP contribution is 2.21. The van der Waals surface area contributed by atoms with Crippen molar-refractivity contribution >= 4 is 36.2 Å². The van der Waals surface area contributed by atoms with E-state index >= 15 is 0 Å². The van der Waals surface area contributed by atoms with Gasteiger partial charge in [0.25, 0.3) is 0 Å². The Bertz CT molecular complexity index is 867. The lowest BCUT2D eigenvalue weighted by Gasteiger charge is -2.30. The van der Waals surface area contributed by atoms with Gasteiger partial charge in [0.15, 0.2) is 0 Å². The lowest BCUT2D eigenvalue weighted by atomic mass is 10.0. The van der Waals surface area contributed by atoms with Crippen LogP contribution in [0.3, 0.4) is 0 Å². The van der Waals surface area contributed by atoms with Crippen LogP contribution < -0.4 is 16.4 Å². The van der Waals surface area contributed by atoms with Gasteiger partial charge in [0, 0.05) is 18.7 Å². The zero-order valence-electron chi connectivity index (χ0n) is 20.6. The highest BCUT2D eigenvalue weighted by Gasteiger charge is 2.38. The van der Waals surface area contributed by atoms with Crippen molar-refractivity contribution in [1.29, 1.82) is 5.41 Å². The maximum Gasteiger partial charge on any atom is 0.408 e. The van der Waals surface area contributed by atoms with Crippen molar-refractivity contribution in [2.24, 2.45) is 11.7 Å². The molecule has 1 aliphatic rings. The Morgan fingerprint density at radius 3 is 2.35 bits per heavy atom. The van der Waals surface area contributed by atoms with Crippen LogP contribution in [0.4, 0.5) is 4.79 Å². The Morgan fingerprint density at radius 1 is 1.21 bits per heavy atom. The maximum absolute atomic E-state index is 13.3. The summed E-state index contributed by atoms with van der Waals surface area (Å²) in [5.74, 6) is -0.335. The molecule has 1 aromatic rings. The van der Waals surface area contributed by atoms with E-state index in [2.05, 4.69) is 10.6 Å². The summed E-state index contributed by atoms with van der Waals surface area (Å²) in [6, 6.07) is 5.73. The Kier molecular flexibility index (Phi) is 10.8. The van der Waals surface area contributed by atoms with E-state index in [9.17, 15) is 14.4 Å². The Morgan fingerprint density at radius 2 is 1.82 bits per heavy atom. The molecule has 1 fully saturated rings. The number of nitrogens with one attached hydrogen (secondary N) is 3. The van der Waals surface area contributed by atoms with Crippen LogP contribution >= 0.6 is 12.4 Å². The van der Waals surface area contributed by atoms with Crippen molar-refractivity contribution in [1.82, 2.24) is 15.5 Å². The molecule has 1 unspecified atom stereocenters. The minimum Gasteiger partial charge on any atom is -0.444 e. The SMILES string of the molecule is CC(C)CC(NC(=O)OC(C)(C)C)C(=O)N1CCC[C@H]1C(=O)NCc1ccc(C(=N)N)cc1.Cl. The molecule has 0 aliphatic carbocycles. The number of nitrogen functional groups attached to an aromatic ring is 1. The van der Waals surface area contributed by atoms with Crippen LogP contribution in [0.1, 0.15) is 65.0 Å². The summed E-state index contributed by atoms with van der Waals surface area (Å²) in [4.78, 5) is 40.1. The standard InChI is InChI=1S/C24H37N5O4.ClH/c1-15(2)13-18(28-23(32)33-24(3,4)5)22(31)29-12-6-7-19(29)21(30)27-14-16-8-10-17(11-9-16)20(25)26;/h8-11,15,18-19H,6-7,12-14H2,1-5H3,(H3,25,26)(H,27,30)(H,28,32);1H/t18?,19-;/m0./s1. The Balaban J connectivity index is 0.00000578. The number of benzene rings is 1. The first-order chi connectivity index (χ1) is 15.4. The number of hydrogen-bond donors (Lipinski definition) is 4. The normalized spacial score (nSPS) is 16.4. The second-order valence-electron chi connectivity index (χ2n) is 9.85. The molecule has 0 saturated carbocycles. The third-order valence-corrected chi connectivity index (χ3v) is 5.27. The van der Waals surface area contributed by atoms with Gasteiger partial charge >= 0.3 is 6.09 Å². The average molecular weight is 496 g/mol. The third-order valence-electron chi connectivity index (χ3n) is 5.27. The van der Waals surface area contributed by atoms with Gasteiger partial charge in [-0.1, -0.05) is 38.1 Å². The summed E-state index contributed by atoms with van der Waals surface area (Å²) >= 11 is 0. The van der Waals surface area contributed by atoms with Crippen molar-refractivity contribution in [2.45, 2.75) is 78.1 Å². The minimum absolute atomic E-state index is 0.